The molecule has 1 heterocycles. The summed E-state index contributed by atoms with van der Waals surface area (Å²) in [5, 5.41) is 2.70. The Balaban J connectivity index is 2.08. The molecule has 116 valence electrons. The summed E-state index contributed by atoms with van der Waals surface area (Å²) >= 11 is 0. The van der Waals surface area contributed by atoms with E-state index < -0.39 is 6.04 Å². The summed E-state index contributed by atoms with van der Waals surface area (Å²) in [7, 11) is 0. The third kappa shape index (κ3) is 5.86. The molecule has 3 N–H and O–H groups in total. The van der Waals surface area contributed by atoms with E-state index in [1.807, 2.05) is 0 Å². The highest BCUT2D eigenvalue weighted by molar-refractivity contribution is 6.13. The second kappa shape index (κ2) is 8.31. The van der Waals surface area contributed by atoms with Crippen molar-refractivity contribution in [1.82, 2.24) is 10.2 Å². The highest BCUT2D eigenvalue weighted by Crippen LogP contribution is 2.04. The quantitative estimate of drug-likeness (QED) is 0.440. The SMILES string of the molecule is CC(=O)C(N)CCCCNC(=O)CCN1C(=O)C=CC1=O. The first-order chi connectivity index (χ1) is 9.91. The van der Waals surface area contributed by atoms with Crippen LogP contribution in [0.3, 0.4) is 0 Å². The lowest BCUT2D eigenvalue weighted by molar-refractivity contribution is -0.137. The lowest BCUT2D eigenvalue weighted by Gasteiger charge is -2.13. The summed E-state index contributed by atoms with van der Waals surface area (Å²) in [5.41, 5.74) is 5.59. The van der Waals surface area contributed by atoms with Gasteiger partial charge in [-0.15, -0.1) is 0 Å². The molecule has 1 atom stereocenters. The first-order valence-corrected chi connectivity index (χ1v) is 6.98. The monoisotopic (exact) mass is 295 g/mol. The molecule has 0 aliphatic carbocycles. The molecule has 0 fully saturated rings. The summed E-state index contributed by atoms with van der Waals surface area (Å²) in [6.45, 7) is 2.04. The number of Topliss-reactive ketones (excluding diaryl/α,β-unsaturated/α-hetero) is 1. The molecule has 0 saturated heterocycles. The molecule has 0 aromatic rings. The first-order valence-electron chi connectivity index (χ1n) is 6.98. The Morgan fingerprint density at radius 2 is 1.86 bits per heavy atom. The van der Waals surface area contributed by atoms with Crippen LogP contribution in [-0.2, 0) is 19.2 Å². The van der Waals surface area contributed by atoms with E-state index in [9.17, 15) is 19.2 Å². The highest BCUT2D eigenvalue weighted by atomic mass is 16.2. The van der Waals surface area contributed by atoms with Gasteiger partial charge in [0.2, 0.25) is 5.91 Å². The molecule has 0 spiro atoms. The fourth-order valence-corrected chi connectivity index (χ4v) is 1.87. The number of ketones is 1. The van der Waals surface area contributed by atoms with Gasteiger partial charge in [0.05, 0.1) is 6.04 Å². The van der Waals surface area contributed by atoms with Crippen molar-refractivity contribution < 1.29 is 19.2 Å². The lowest BCUT2D eigenvalue weighted by Crippen LogP contribution is -2.35. The number of unbranched alkanes of at least 4 members (excludes halogenated alkanes) is 1. The molecule has 0 aromatic heterocycles. The molecule has 3 amide bonds. The van der Waals surface area contributed by atoms with Crippen LogP contribution < -0.4 is 11.1 Å². The van der Waals surface area contributed by atoms with Crippen LogP contribution in [-0.4, -0.2) is 47.5 Å². The van der Waals surface area contributed by atoms with Gasteiger partial charge in [-0.3, -0.25) is 24.1 Å². The van der Waals surface area contributed by atoms with Crippen molar-refractivity contribution in [2.45, 2.75) is 38.6 Å². The molecular weight excluding hydrogens is 274 g/mol. The molecule has 1 aliphatic heterocycles. The van der Waals surface area contributed by atoms with E-state index in [4.69, 9.17) is 5.73 Å². The number of carbonyl (C=O) groups excluding carboxylic acids is 4. The minimum absolute atomic E-state index is 0.0346. The van der Waals surface area contributed by atoms with Gasteiger partial charge in [-0.2, -0.15) is 0 Å². The van der Waals surface area contributed by atoms with Crippen LogP contribution in [0.1, 0.15) is 32.6 Å². The van der Waals surface area contributed by atoms with Crippen molar-refractivity contribution in [3.63, 3.8) is 0 Å². The average Bonchev–Trinajstić information content (AvgIpc) is 2.75. The van der Waals surface area contributed by atoms with Gasteiger partial charge in [0.25, 0.3) is 11.8 Å². The summed E-state index contributed by atoms with van der Waals surface area (Å²) in [4.78, 5) is 46.0. The summed E-state index contributed by atoms with van der Waals surface area (Å²) < 4.78 is 0. The maximum atomic E-state index is 11.6. The predicted octanol–water partition coefficient (Wildman–Crippen LogP) is -0.496. The van der Waals surface area contributed by atoms with Gasteiger partial charge < -0.3 is 11.1 Å². The number of nitrogens with two attached hydrogens (primary N) is 1. The number of nitrogens with zero attached hydrogens (tertiary/aromatic N) is 1. The normalized spacial score (nSPS) is 15.4. The number of hydrogen-bond acceptors (Lipinski definition) is 5. The topological polar surface area (TPSA) is 110 Å². The number of rotatable bonds is 9. The van der Waals surface area contributed by atoms with E-state index in [-0.39, 0.29) is 36.5 Å². The number of amides is 3. The molecule has 1 aliphatic rings. The number of imide groups is 1. The van der Waals surface area contributed by atoms with Crippen LogP contribution in [0.4, 0.5) is 0 Å². The Labute approximate surface area is 123 Å². The zero-order valence-corrected chi connectivity index (χ0v) is 12.1. The van der Waals surface area contributed by atoms with Crippen LogP contribution in [0.5, 0.6) is 0 Å². The van der Waals surface area contributed by atoms with Crippen molar-refractivity contribution in [3.8, 4) is 0 Å². The minimum atomic E-state index is -0.430. The molecule has 7 heteroatoms. The zero-order valence-electron chi connectivity index (χ0n) is 12.1. The number of hydrogen-bond donors (Lipinski definition) is 2. The van der Waals surface area contributed by atoms with Crippen LogP contribution in [0.15, 0.2) is 12.2 Å². The molecule has 0 saturated carbocycles. The predicted molar refractivity (Wildman–Crippen MR) is 76.0 cm³/mol. The van der Waals surface area contributed by atoms with Crippen molar-refractivity contribution in [3.05, 3.63) is 12.2 Å². The van der Waals surface area contributed by atoms with Gasteiger partial charge in [-0.05, 0) is 26.2 Å². The first kappa shape index (κ1) is 17.0. The van der Waals surface area contributed by atoms with Gasteiger partial charge in [-0.1, -0.05) is 0 Å². The molecule has 1 unspecified atom stereocenters. The standard InChI is InChI=1S/C14H21N3O4/c1-10(18)11(15)4-2-3-8-16-12(19)7-9-17-13(20)5-6-14(17)21/h5-6,11H,2-4,7-9,15H2,1H3,(H,16,19). The molecule has 21 heavy (non-hydrogen) atoms. The third-order valence-corrected chi connectivity index (χ3v) is 3.25. The van der Waals surface area contributed by atoms with Gasteiger partial charge in [0.1, 0.15) is 5.78 Å². The van der Waals surface area contributed by atoms with Gasteiger partial charge in [-0.25, -0.2) is 0 Å². The van der Waals surface area contributed by atoms with Gasteiger partial charge in [0.15, 0.2) is 0 Å². The van der Waals surface area contributed by atoms with Crippen molar-refractivity contribution in [2.24, 2.45) is 5.73 Å². The van der Waals surface area contributed by atoms with Crippen molar-refractivity contribution in [1.29, 1.82) is 0 Å². The van der Waals surface area contributed by atoms with Crippen molar-refractivity contribution in [2.75, 3.05) is 13.1 Å². The van der Waals surface area contributed by atoms with Crippen molar-refractivity contribution >= 4 is 23.5 Å². The fraction of sp³-hybridized carbons (Fsp3) is 0.571. The number of carbonyl (C=O) groups is 4. The second-order valence-corrected chi connectivity index (χ2v) is 4.97. The largest absolute Gasteiger partial charge is 0.356 e. The Hall–Kier alpha value is -2.02. The summed E-state index contributed by atoms with van der Waals surface area (Å²) in [6.07, 6.45) is 4.57. The van der Waals surface area contributed by atoms with Crippen LogP contribution >= 0.6 is 0 Å². The van der Waals surface area contributed by atoms with E-state index in [1.165, 1.54) is 19.1 Å². The van der Waals surface area contributed by atoms with Gasteiger partial charge >= 0.3 is 0 Å². The van der Waals surface area contributed by atoms with Gasteiger partial charge in [0, 0.05) is 31.7 Å². The maximum absolute atomic E-state index is 11.6. The second-order valence-electron chi connectivity index (χ2n) is 4.97. The smallest absolute Gasteiger partial charge is 0.253 e. The van der Waals surface area contributed by atoms with Crippen LogP contribution in [0, 0.1) is 0 Å². The molecule has 0 bridgehead atoms. The maximum Gasteiger partial charge on any atom is 0.253 e. The third-order valence-electron chi connectivity index (χ3n) is 3.25. The Morgan fingerprint density at radius 3 is 2.43 bits per heavy atom. The van der Waals surface area contributed by atoms with Crippen LogP contribution in [0.25, 0.3) is 0 Å². The summed E-state index contributed by atoms with van der Waals surface area (Å²) in [5.74, 6) is -1.01. The van der Waals surface area contributed by atoms with E-state index in [0.29, 0.717) is 13.0 Å². The zero-order chi connectivity index (χ0) is 15.8. The number of nitrogens with one attached hydrogen (secondary N) is 1. The van der Waals surface area contributed by atoms with E-state index >= 15 is 0 Å². The molecule has 0 aromatic carbocycles. The Bertz CT molecular complexity index is 441. The Kier molecular flexibility index (Phi) is 6.74. The fourth-order valence-electron chi connectivity index (χ4n) is 1.87. The van der Waals surface area contributed by atoms with E-state index in [1.54, 1.807) is 0 Å². The highest BCUT2D eigenvalue weighted by Gasteiger charge is 2.23. The summed E-state index contributed by atoms with van der Waals surface area (Å²) in [6, 6.07) is -0.430. The minimum Gasteiger partial charge on any atom is -0.356 e. The van der Waals surface area contributed by atoms with E-state index in [2.05, 4.69) is 5.32 Å². The van der Waals surface area contributed by atoms with Crippen LogP contribution in [0.2, 0.25) is 0 Å². The average molecular weight is 295 g/mol. The molecule has 1 rings (SSSR count). The Morgan fingerprint density at radius 1 is 1.24 bits per heavy atom. The van der Waals surface area contributed by atoms with E-state index in [0.717, 1.165) is 17.7 Å². The lowest BCUT2D eigenvalue weighted by atomic mass is 10.1. The molecule has 0 radical (unpaired) electrons. The molecule has 7 nitrogen and oxygen atoms in total. The molecular formula is C14H21N3O4.